The summed E-state index contributed by atoms with van der Waals surface area (Å²) in [5.74, 6) is -1.05. The molecule has 266 valence electrons. The van der Waals surface area contributed by atoms with Crippen LogP contribution in [0.3, 0.4) is 0 Å². The second-order valence-electron chi connectivity index (χ2n) is 17.3. The maximum atomic E-state index is 13.5. The molecular formula is C37H53NO10. The van der Waals surface area contributed by atoms with Gasteiger partial charge in [0.15, 0.2) is 11.5 Å². The van der Waals surface area contributed by atoms with Crippen molar-refractivity contribution in [1.82, 2.24) is 4.90 Å². The van der Waals surface area contributed by atoms with Crippen LogP contribution in [0.2, 0.25) is 0 Å². The van der Waals surface area contributed by atoms with Gasteiger partial charge in [-0.3, -0.25) is 4.90 Å². The minimum atomic E-state index is -2.04. The molecule has 5 aliphatic carbocycles. The van der Waals surface area contributed by atoms with Crippen LogP contribution in [0.1, 0.15) is 88.9 Å². The summed E-state index contributed by atoms with van der Waals surface area (Å²) in [4.78, 5) is 15.7. The average molecular weight is 672 g/mol. The highest BCUT2D eigenvalue weighted by Gasteiger charge is 2.87. The van der Waals surface area contributed by atoms with E-state index < -0.39 is 68.8 Å². The molecule has 0 amide bonds. The van der Waals surface area contributed by atoms with Crippen LogP contribution in [0.5, 0.6) is 11.5 Å². The first-order valence-electron chi connectivity index (χ1n) is 17.9. The number of carbonyl (C=O) groups is 1. The van der Waals surface area contributed by atoms with Gasteiger partial charge in [-0.15, -0.1) is 0 Å². The lowest BCUT2D eigenvalue weighted by Crippen LogP contribution is -2.85. The van der Waals surface area contributed by atoms with Crippen molar-refractivity contribution in [1.29, 1.82) is 0 Å². The quantitative estimate of drug-likeness (QED) is 0.259. The first-order chi connectivity index (χ1) is 22.5. The summed E-state index contributed by atoms with van der Waals surface area (Å²) in [6, 6.07) is 4.43. The Kier molecular flexibility index (Phi) is 6.96. The number of methoxy groups -OCH3 is 2. The molecular weight excluding hydrogens is 618 g/mol. The first-order valence-corrected chi connectivity index (χ1v) is 17.9. The van der Waals surface area contributed by atoms with Crippen LogP contribution in [0.25, 0.3) is 0 Å². The smallest absolute Gasteiger partial charge is 0.338 e. The zero-order chi connectivity index (χ0) is 34.4. The number of fused-ring (bicyclic) bond motifs is 5. The summed E-state index contributed by atoms with van der Waals surface area (Å²) >= 11 is 0. The lowest BCUT2D eigenvalue weighted by molar-refractivity contribution is -0.354. The van der Waals surface area contributed by atoms with Crippen LogP contribution in [-0.4, -0.2) is 115 Å². The van der Waals surface area contributed by atoms with E-state index >= 15 is 0 Å². The van der Waals surface area contributed by atoms with Crippen molar-refractivity contribution in [3.8, 4) is 11.5 Å². The highest BCUT2D eigenvalue weighted by molar-refractivity contribution is 5.90. The van der Waals surface area contributed by atoms with E-state index in [4.69, 9.17) is 14.2 Å². The third-order valence-corrected chi connectivity index (χ3v) is 15.7. The normalized spacial score (nSPS) is 53.6. The molecule has 2 saturated heterocycles. The van der Waals surface area contributed by atoms with Crippen molar-refractivity contribution >= 4 is 5.97 Å². The van der Waals surface area contributed by atoms with Crippen LogP contribution in [-0.2, 0) is 4.74 Å². The second-order valence-corrected chi connectivity index (χ2v) is 17.3. The van der Waals surface area contributed by atoms with E-state index in [1.807, 2.05) is 0 Å². The third-order valence-electron chi connectivity index (χ3n) is 15.7. The van der Waals surface area contributed by atoms with E-state index in [1.165, 1.54) is 14.2 Å². The summed E-state index contributed by atoms with van der Waals surface area (Å²) in [5.41, 5.74) is -9.71. The number of hydrogen-bond donors (Lipinski definition) is 6. The molecule has 1 unspecified atom stereocenters. The van der Waals surface area contributed by atoms with Crippen LogP contribution in [0.4, 0.5) is 0 Å². The fourth-order valence-corrected chi connectivity index (χ4v) is 13.6. The fourth-order valence-electron chi connectivity index (χ4n) is 13.6. The molecule has 4 bridgehead atoms. The molecule has 14 atom stereocenters. The molecule has 11 nitrogen and oxygen atoms in total. The number of aliphatic hydroxyl groups excluding tert-OH is 1. The molecule has 11 heteroatoms. The number of aliphatic hydroxyl groups is 6. The van der Waals surface area contributed by atoms with E-state index in [0.717, 1.165) is 6.42 Å². The Morgan fingerprint density at radius 3 is 2.27 bits per heavy atom. The van der Waals surface area contributed by atoms with Gasteiger partial charge in [0.1, 0.15) is 28.5 Å². The van der Waals surface area contributed by atoms with E-state index in [9.17, 15) is 35.4 Å². The van der Waals surface area contributed by atoms with Crippen LogP contribution in [0.15, 0.2) is 18.2 Å². The zero-order valence-corrected chi connectivity index (χ0v) is 28.8. The number of piperidine rings is 2. The first kappa shape index (κ1) is 33.2. The van der Waals surface area contributed by atoms with Gasteiger partial charge in [-0.1, -0.05) is 13.8 Å². The Morgan fingerprint density at radius 2 is 1.56 bits per heavy atom. The third kappa shape index (κ3) is 3.67. The van der Waals surface area contributed by atoms with Gasteiger partial charge in [0.05, 0.1) is 31.5 Å². The minimum absolute atomic E-state index is 0.122. The molecule has 1 aromatic carbocycles. The van der Waals surface area contributed by atoms with E-state index in [1.54, 1.807) is 25.1 Å². The average Bonchev–Trinajstić information content (AvgIpc) is 3.21. The number of rotatable bonds is 4. The molecule has 48 heavy (non-hydrogen) atoms. The maximum Gasteiger partial charge on any atom is 0.338 e. The number of nitrogens with zero attached hydrogens (tertiary/aromatic N) is 1. The SMILES string of the molecule is COc1ccc(C(=O)O[C@H]2CC[C@@]3(C)[C@@H]4CC[C@@H]5C3(C[C@]24O)C[C@@]2(O)[C@@H]3CN4C[C@@H](C)CC[C@H]4[C@@](C)(O)[C@@]3(O)[C@@H](O)C[C@@]52O)cc1OC. The lowest BCUT2D eigenvalue weighted by atomic mass is 9.48. The van der Waals surface area contributed by atoms with Gasteiger partial charge in [0, 0.05) is 31.5 Å². The fraction of sp³-hybridized carbons (Fsp3) is 0.811. The monoisotopic (exact) mass is 671 g/mol. The van der Waals surface area contributed by atoms with Crippen molar-refractivity contribution in [3.05, 3.63) is 23.8 Å². The summed E-state index contributed by atoms with van der Waals surface area (Å²) in [5, 5.41) is 75.2. The largest absolute Gasteiger partial charge is 0.493 e. The molecule has 5 saturated carbocycles. The van der Waals surface area contributed by atoms with Gasteiger partial charge in [-0.2, -0.15) is 0 Å². The highest BCUT2D eigenvalue weighted by Crippen LogP contribution is 2.82. The molecule has 0 aromatic heterocycles. The number of carbonyl (C=O) groups excluding carboxylic acids is 1. The highest BCUT2D eigenvalue weighted by atomic mass is 16.6. The molecule has 7 aliphatic rings. The van der Waals surface area contributed by atoms with Gasteiger partial charge in [-0.25, -0.2) is 4.79 Å². The molecule has 1 aromatic rings. The van der Waals surface area contributed by atoms with Crippen molar-refractivity contribution in [2.45, 2.75) is 125 Å². The van der Waals surface area contributed by atoms with Crippen LogP contribution >= 0.6 is 0 Å². The molecule has 0 radical (unpaired) electrons. The lowest BCUT2D eigenvalue weighted by Gasteiger charge is -2.68. The summed E-state index contributed by atoms with van der Waals surface area (Å²) in [6.07, 6.45) is 1.52. The molecule has 2 heterocycles. The Hall–Kier alpha value is -1.99. The second kappa shape index (κ2) is 10.1. The summed E-state index contributed by atoms with van der Waals surface area (Å²) < 4.78 is 16.8. The Balaban J connectivity index is 1.16. The number of hydrogen-bond acceptors (Lipinski definition) is 11. The van der Waals surface area contributed by atoms with E-state index in [2.05, 4.69) is 18.7 Å². The van der Waals surface area contributed by atoms with Crippen molar-refractivity contribution in [2.75, 3.05) is 27.3 Å². The van der Waals surface area contributed by atoms with Crippen molar-refractivity contribution < 1.29 is 49.6 Å². The van der Waals surface area contributed by atoms with Gasteiger partial charge in [0.25, 0.3) is 0 Å². The molecule has 2 aliphatic heterocycles. The summed E-state index contributed by atoms with van der Waals surface area (Å²) in [6.45, 7) is 6.84. The van der Waals surface area contributed by atoms with Crippen LogP contribution < -0.4 is 9.47 Å². The topological polar surface area (TPSA) is 169 Å². The summed E-state index contributed by atoms with van der Waals surface area (Å²) in [7, 11) is 3.01. The van der Waals surface area contributed by atoms with Gasteiger partial charge in [-0.05, 0) is 105 Å². The number of benzene rings is 1. The van der Waals surface area contributed by atoms with Gasteiger partial charge < -0.3 is 44.8 Å². The van der Waals surface area contributed by atoms with Gasteiger partial charge >= 0.3 is 5.97 Å². The Labute approximate surface area is 282 Å². The molecule has 7 fully saturated rings. The van der Waals surface area contributed by atoms with Crippen LogP contribution in [0, 0.1) is 34.5 Å². The Bertz CT molecular complexity index is 1520. The molecule has 8 rings (SSSR count). The molecule has 1 spiro atoms. The van der Waals surface area contributed by atoms with E-state index in [-0.39, 0.29) is 43.3 Å². The standard InChI is InChI=1S/C37H53NO10/c1-20-6-11-27-32(3,41)37(45)26(17-38(27)16-20)36(44)19-33-18-34(42)24(9-10-25(33)35(36,43)15-28(37)39)31(33,2)13-12-29(34)48-30(40)21-7-8-22(46-4)23(14-21)47-5/h7-8,14,20,24-29,39,41-45H,6,9-13,15-19H2,1-5H3/t20-,24-,25+,26-,27-,28-,29-,31-,32+,33?,34+,35+,36+,37-/m0/s1. The zero-order valence-electron chi connectivity index (χ0n) is 28.8. The number of ether oxygens (including phenoxy) is 3. The predicted molar refractivity (Wildman–Crippen MR) is 172 cm³/mol. The predicted octanol–water partition coefficient (Wildman–Crippen LogP) is 2.02. The number of esters is 1. The van der Waals surface area contributed by atoms with Gasteiger partial charge in [0.2, 0.25) is 0 Å². The Morgan fingerprint density at radius 1 is 0.854 bits per heavy atom. The minimum Gasteiger partial charge on any atom is -0.493 e. The molecule has 6 N–H and O–H groups in total. The van der Waals surface area contributed by atoms with E-state index in [0.29, 0.717) is 56.1 Å². The maximum absolute atomic E-state index is 13.5. The van der Waals surface area contributed by atoms with Crippen molar-refractivity contribution in [2.24, 2.45) is 34.5 Å². The van der Waals surface area contributed by atoms with Crippen molar-refractivity contribution in [3.63, 3.8) is 0 Å².